The highest BCUT2D eigenvalue weighted by molar-refractivity contribution is 5.20. The monoisotopic (exact) mass is 305 g/mol. The normalized spacial score (nSPS) is 20.4. The van der Waals surface area contributed by atoms with E-state index in [1.165, 1.54) is 12.1 Å². The number of anilines is 1. The van der Waals surface area contributed by atoms with E-state index in [0.717, 1.165) is 19.4 Å². The van der Waals surface area contributed by atoms with Gasteiger partial charge in [0.15, 0.2) is 5.82 Å². The summed E-state index contributed by atoms with van der Waals surface area (Å²) in [4.78, 5) is 6.41. The van der Waals surface area contributed by atoms with Gasteiger partial charge in [-0.3, -0.25) is 4.90 Å². The molecule has 0 radical (unpaired) electrons. The number of hydrogen-bond donors (Lipinski definition) is 2. The molecule has 3 rings (SSSR count). The molecule has 1 aliphatic heterocycles. The molecule has 1 aliphatic rings. The third kappa shape index (κ3) is 2.95. The Kier molecular flexibility index (Phi) is 4.08. The van der Waals surface area contributed by atoms with E-state index in [4.69, 9.17) is 5.73 Å². The third-order valence-electron chi connectivity index (χ3n) is 4.12. The van der Waals surface area contributed by atoms with E-state index in [1.54, 1.807) is 23.9 Å². The number of aromatic nitrogens is 3. The number of benzene rings is 1. The zero-order chi connectivity index (χ0) is 15.7. The van der Waals surface area contributed by atoms with E-state index in [2.05, 4.69) is 15.0 Å². The molecule has 2 heterocycles. The number of nitrogens with two attached hydrogens (primary N) is 1. The molecule has 3 N–H and O–H groups in total. The number of β-amino-alcohol motifs (C(OH)–C–C–N with tert-alkyl or cyclic N) is 1. The second kappa shape index (κ2) is 6.02. The number of aryl methyl sites for hydroxylation is 1. The summed E-state index contributed by atoms with van der Waals surface area (Å²) in [6.45, 7) is 1.28. The number of hydrogen-bond acceptors (Lipinski definition) is 5. The van der Waals surface area contributed by atoms with Crippen molar-refractivity contribution in [3.05, 3.63) is 41.5 Å². The van der Waals surface area contributed by atoms with Crippen LogP contribution in [-0.4, -0.2) is 37.9 Å². The minimum atomic E-state index is -0.739. The number of halogens is 1. The van der Waals surface area contributed by atoms with Crippen LogP contribution in [0.2, 0.25) is 0 Å². The van der Waals surface area contributed by atoms with Gasteiger partial charge in [-0.05, 0) is 37.1 Å². The molecule has 118 valence electrons. The smallest absolute Gasteiger partial charge is 0.218 e. The van der Waals surface area contributed by atoms with Crippen LogP contribution in [0.15, 0.2) is 24.3 Å². The molecule has 0 spiro atoms. The molecule has 2 aromatic rings. The molecule has 1 saturated heterocycles. The summed E-state index contributed by atoms with van der Waals surface area (Å²) in [5, 5.41) is 14.7. The lowest BCUT2D eigenvalue weighted by Crippen LogP contribution is -2.29. The molecule has 0 amide bonds. The second-order valence-corrected chi connectivity index (χ2v) is 5.68. The van der Waals surface area contributed by atoms with Crippen molar-refractivity contribution in [2.75, 3.05) is 18.8 Å². The van der Waals surface area contributed by atoms with Crippen LogP contribution in [-0.2, 0) is 7.05 Å². The lowest BCUT2D eigenvalue weighted by Gasteiger charge is -2.25. The highest BCUT2D eigenvalue weighted by atomic mass is 19.1. The first-order valence-electron chi connectivity index (χ1n) is 7.38. The Morgan fingerprint density at radius 1 is 1.50 bits per heavy atom. The van der Waals surface area contributed by atoms with Crippen LogP contribution in [0.4, 0.5) is 10.3 Å². The fourth-order valence-electron chi connectivity index (χ4n) is 2.94. The van der Waals surface area contributed by atoms with Crippen LogP contribution >= 0.6 is 0 Å². The highest BCUT2D eigenvalue weighted by Crippen LogP contribution is 2.32. The topological polar surface area (TPSA) is 80.2 Å². The summed E-state index contributed by atoms with van der Waals surface area (Å²) in [6, 6.07) is 6.13. The summed E-state index contributed by atoms with van der Waals surface area (Å²) in [5.41, 5.74) is 6.32. The number of rotatable bonds is 4. The molecule has 22 heavy (non-hydrogen) atoms. The maximum absolute atomic E-state index is 13.3. The van der Waals surface area contributed by atoms with E-state index in [0.29, 0.717) is 23.9 Å². The van der Waals surface area contributed by atoms with Gasteiger partial charge in [-0.25, -0.2) is 9.07 Å². The number of aliphatic hydroxyl groups excluding tert-OH is 1. The van der Waals surface area contributed by atoms with Gasteiger partial charge in [-0.15, -0.1) is 0 Å². The molecule has 1 fully saturated rings. The van der Waals surface area contributed by atoms with Crippen molar-refractivity contribution < 1.29 is 9.50 Å². The number of aliphatic hydroxyl groups is 1. The molecule has 2 atom stereocenters. The molecular formula is C15H20FN5O. The van der Waals surface area contributed by atoms with E-state index < -0.39 is 6.10 Å². The maximum atomic E-state index is 13.3. The Bertz CT molecular complexity index is 640. The molecule has 0 aliphatic carbocycles. The molecule has 2 unspecified atom stereocenters. The Morgan fingerprint density at radius 3 is 3.00 bits per heavy atom. The van der Waals surface area contributed by atoms with Crippen LogP contribution in [0.5, 0.6) is 0 Å². The maximum Gasteiger partial charge on any atom is 0.218 e. The predicted octanol–water partition coefficient (Wildman–Crippen LogP) is 1.41. The Morgan fingerprint density at radius 2 is 2.32 bits per heavy atom. The van der Waals surface area contributed by atoms with Crippen LogP contribution in [0.3, 0.4) is 0 Å². The fourth-order valence-corrected chi connectivity index (χ4v) is 2.94. The van der Waals surface area contributed by atoms with Crippen molar-refractivity contribution in [1.82, 2.24) is 19.7 Å². The second-order valence-electron chi connectivity index (χ2n) is 5.68. The number of likely N-dealkylation sites (tertiary alicyclic amines) is 1. The summed E-state index contributed by atoms with van der Waals surface area (Å²) < 4.78 is 14.8. The van der Waals surface area contributed by atoms with Crippen molar-refractivity contribution in [3.63, 3.8) is 0 Å². The summed E-state index contributed by atoms with van der Waals surface area (Å²) in [5.74, 6) is 0.727. The van der Waals surface area contributed by atoms with Crippen LogP contribution in [0, 0.1) is 5.82 Å². The SMILES string of the molecule is Cn1nc(C2CCCN2CC(O)c2cccc(F)c2)nc1N. The Labute approximate surface area is 128 Å². The van der Waals surface area contributed by atoms with Crippen LogP contribution < -0.4 is 5.73 Å². The van der Waals surface area contributed by atoms with Crippen molar-refractivity contribution in [2.45, 2.75) is 25.0 Å². The quantitative estimate of drug-likeness (QED) is 0.892. The van der Waals surface area contributed by atoms with E-state index in [1.807, 2.05) is 0 Å². The van der Waals surface area contributed by atoms with E-state index in [9.17, 15) is 9.50 Å². The first-order chi connectivity index (χ1) is 10.5. The van der Waals surface area contributed by atoms with Crippen molar-refractivity contribution in [3.8, 4) is 0 Å². The van der Waals surface area contributed by atoms with Gasteiger partial charge in [0.2, 0.25) is 5.95 Å². The molecule has 6 nitrogen and oxygen atoms in total. The van der Waals surface area contributed by atoms with Crippen molar-refractivity contribution in [1.29, 1.82) is 0 Å². The number of nitrogens with zero attached hydrogens (tertiary/aromatic N) is 4. The first-order valence-corrected chi connectivity index (χ1v) is 7.38. The minimum absolute atomic E-state index is 0.0479. The van der Waals surface area contributed by atoms with Crippen molar-refractivity contribution >= 4 is 5.95 Å². The zero-order valence-electron chi connectivity index (χ0n) is 12.5. The first kappa shape index (κ1) is 14.9. The summed E-state index contributed by atoms with van der Waals surface area (Å²) in [6.07, 6.45) is 1.20. The molecule has 0 saturated carbocycles. The lowest BCUT2D eigenvalue weighted by molar-refractivity contribution is 0.104. The van der Waals surface area contributed by atoms with Crippen LogP contribution in [0.25, 0.3) is 0 Å². The standard InChI is InChI=1S/C15H20FN5O/c1-20-15(17)18-14(19-20)12-6-3-7-21(12)9-13(22)10-4-2-5-11(16)8-10/h2,4-5,8,12-13,22H,3,6-7,9H2,1H3,(H2,17,18,19). The van der Waals surface area contributed by atoms with Gasteiger partial charge >= 0.3 is 0 Å². The summed E-state index contributed by atoms with van der Waals surface area (Å²) >= 11 is 0. The highest BCUT2D eigenvalue weighted by Gasteiger charge is 2.31. The lowest BCUT2D eigenvalue weighted by atomic mass is 10.1. The van der Waals surface area contributed by atoms with Gasteiger partial charge < -0.3 is 10.8 Å². The zero-order valence-corrected chi connectivity index (χ0v) is 12.5. The van der Waals surface area contributed by atoms with E-state index in [-0.39, 0.29) is 11.9 Å². The molecule has 1 aromatic heterocycles. The van der Waals surface area contributed by atoms with Gasteiger partial charge in [0.25, 0.3) is 0 Å². The van der Waals surface area contributed by atoms with Crippen LogP contribution in [0.1, 0.15) is 36.4 Å². The van der Waals surface area contributed by atoms with Gasteiger partial charge in [-0.1, -0.05) is 12.1 Å². The Balaban J connectivity index is 1.73. The predicted molar refractivity (Wildman–Crippen MR) is 80.3 cm³/mol. The van der Waals surface area contributed by atoms with E-state index >= 15 is 0 Å². The largest absolute Gasteiger partial charge is 0.387 e. The number of nitrogen functional groups attached to an aromatic ring is 1. The van der Waals surface area contributed by atoms with Gasteiger partial charge in [-0.2, -0.15) is 10.1 Å². The van der Waals surface area contributed by atoms with Gasteiger partial charge in [0.05, 0.1) is 12.1 Å². The van der Waals surface area contributed by atoms with Gasteiger partial charge in [0.1, 0.15) is 5.82 Å². The molecule has 1 aromatic carbocycles. The molecule has 0 bridgehead atoms. The minimum Gasteiger partial charge on any atom is -0.387 e. The fraction of sp³-hybridized carbons (Fsp3) is 0.467. The average molecular weight is 305 g/mol. The third-order valence-corrected chi connectivity index (χ3v) is 4.12. The Hall–Kier alpha value is -1.99. The molecule has 7 heteroatoms. The average Bonchev–Trinajstić information content (AvgIpc) is 3.06. The molecular weight excluding hydrogens is 285 g/mol. The van der Waals surface area contributed by atoms with Gasteiger partial charge in [0, 0.05) is 13.6 Å². The summed E-state index contributed by atoms with van der Waals surface area (Å²) in [7, 11) is 1.76. The van der Waals surface area contributed by atoms with Crippen molar-refractivity contribution in [2.24, 2.45) is 7.05 Å².